The Hall–Kier alpha value is 0.123. The molecule has 1 aromatic rings. The maximum absolute atomic E-state index is 5.58. The summed E-state index contributed by atoms with van der Waals surface area (Å²) in [5.41, 5.74) is 0. The molecule has 1 rings (SSSR count). The number of hydrogen-bond donors (Lipinski definition) is 0. The van der Waals surface area contributed by atoms with Crippen LogP contribution in [0.2, 0.25) is 0 Å². The summed E-state index contributed by atoms with van der Waals surface area (Å²) in [6.07, 6.45) is 7.85. The number of halogens is 1. The Morgan fingerprint density at radius 3 is 2.53 bits per heavy atom. The van der Waals surface area contributed by atoms with Crippen LogP contribution in [-0.2, 0) is 16.3 Å². The van der Waals surface area contributed by atoms with Gasteiger partial charge in [0.2, 0.25) is 0 Å². The molecule has 3 heteroatoms. The van der Waals surface area contributed by atoms with Crippen molar-refractivity contribution in [2.24, 2.45) is 0 Å². The Labute approximate surface area is 122 Å². The van der Waals surface area contributed by atoms with E-state index in [1.165, 1.54) is 54.9 Å². The third-order valence-electron chi connectivity index (χ3n) is 2.45. The molecule has 1 aromatic carbocycles. The molecule has 0 aliphatic rings. The van der Waals surface area contributed by atoms with Gasteiger partial charge in [0.1, 0.15) is 0 Å². The first-order valence-electron chi connectivity index (χ1n) is 6.29. The average molecular weight is 351 g/mol. The molecule has 92 valence electrons. The molecule has 0 saturated carbocycles. The second-order valence-corrected chi connectivity index (χ2v) is 3.86. The Morgan fingerprint density at radius 1 is 1.18 bits per heavy atom. The van der Waals surface area contributed by atoms with Crippen LogP contribution in [0.3, 0.4) is 0 Å². The zero-order valence-corrected chi connectivity index (χ0v) is 15.3. The van der Waals surface area contributed by atoms with Gasteiger partial charge in [-0.1, -0.05) is 39.0 Å². The molecule has 0 heterocycles. The van der Waals surface area contributed by atoms with Crippen LogP contribution in [0.1, 0.15) is 45.4 Å². The first kappa shape index (κ1) is 17.1. The molecule has 0 saturated heterocycles. The molecule has 17 heavy (non-hydrogen) atoms. The molecule has 0 spiro atoms. The summed E-state index contributed by atoms with van der Waals surface area (Å²) < 4.78 is 5.58. The van der Waals surface area contributed by atoms with Gasteiger partial charge in [-0.15, -0.1) is 12.1 Å². The minimum absolute atomic E-state index is 0.837. The molecule has 1 nitrogen and oxygen atoms in total. The standard InChI is InChI=1S/C14H21O.BrH.Zn/c1-2-3-4-5-6-10-13-15-14-11-8-7-9-12-14;;/h7-8,11-12H,2-6,10,13H2,1H3;1H;/q-1;;+2/p-1. The van der Waals surface area contributed by atoms with Crippen molar-refractivity contribution in [1.29, 1.82) is 0 Å². The molecule has 0 bridgehead atoms. The van der Waals surface area contributed by atoms with Gasteiger partial charge in [0.25, 0.3) is 0 Å². The molecule has 0 unspecified atom stereocenters. The van der Waals surface area contributed by atoms with Crippen molar-refractivity contribution in [1.82, 2.24) is 0 Å². The van der Waals surface area contributed by atoms with E-state index in [1.54, 1.807) is 0 Å². The Balaban J connectivity index is 0.00000121. The molecule has 0 aliphatic carbocycles. The minimum atomic E-state index is 0.837. The fraction of sp³-hybridized carbons (Fsp3) is 0.571. The van der Waals surface area contributed by atoms with Crippen LogP contribution in [0.25, 0.3) is 0 Å². The van der Waals surface area contributed by atoms with Crippen LogP contribution in [0.5, 0.6) is 5.75 Å². The van der Waals surface area contributed by atoms with Crippen LogP contribution in [-0.4, -0.2) is 6.61 Å². The summed E-state index contributed by atoms with van der Waals surface area (Å²) in [7, 11) is 0. The second kappa shape index (κ2) is 14.2. The SMILES string of the molecule is CCCCCCCCOc1c[c-]ccc1.[Zn+][Br]. The van der Waals surface area contributed by atoms with E-state index in [9.17, 15) is 0 Å². The number of hydrogen-bond acceptors (Lipinski definition) is 1. The predicted molar refractivity (Wildman–Crippen MR) is 73.1 cm³/mol. The molecule has 0 aliphatic heterocycles. The molecule has 0 radical (unpaired) electrons. The van der Waals surface area contributed by atoms with E-state index in [4.69, 9.17) is 4.74 Å². The molecule has 0 N–H and O–H groups in total. The quantitative estimate of drug-likeness (QED) is 0.361. The summed E-state index contributed by atoms with van der Waals surface area (Å²) in [5, 5.41) is 0. The molecule has 0 amide bonds. The fourth-order valence-corrected chi connectivity index (χ4v) is 1.54. The van der Waals surface area contributed by atoms with Crippen molar-refractivity contribution < 1.29 is 21.1 Å². The van der Waals surface area contributed by atoms with E-state index in [0.717, 1.165) is 12.4 Å². The van der Waals surface area contributed by atoms with Gasteiger partial charge in [-0.3, -0.25) is 0 Å². The number of ether oxygens (including phenoxy) is 1. The van der Waals surface area contributed by atoms with Crippen molar-refractivity contribution in [2.75, 3.05) is 6.61 Å². The van der Waals surface area contributed by atoms with Gasteiger partial charge < -0.3 is 4.74 Å². The van der Waals surface area contributed by atoms with Crippen molar-refractivity contribution in [3.8, 4) is 5.75 Å². The van der Waals surface area contributed by atoms with E-state index in [-0.39, 0.29) is 0 Å². The van der Waals surface area contributed by atoms with Crippen LogP contribution in [0.4, 0.5) is 0 Å². The van der Waals surface area contributed by atoms with Crippen LogP contribution < -0.4 is 4.74 Å². The van der Waals surface area contributed by atoms with Crippen molar-refractivity contribution >= 4 is 13.6 Å². The maximum atomic E-state index is 5.58. The third-order valence-corrected chi connectivity index (χ3v) is 2.45. The third kappa shape index (κ3) is 11.0. The number of benzene rings is 1. The topological polar surface area (TPSA) is 9.23 Å². The number of rotatable bonds is 8. The Morgan fingerprint density at radius 2 is 1.88 bits per heavy atom. The van der Waals surface area contributed by atoms with Gasteiger partial charge in [0.05, 0.1) is 6.61 Å². The summed E-state index contributed by atoms with van der Waals surface area (Å²) >= 11 is 4.25. The van der Waals surface area contributed by atoms with Gasteiger partial charge in [-0.25, -0.2) is 0 Å². The zero-order valence-electron chi connectivity index (χ0n) is 10.8. The summed E-state index contributed by atoms with van der Waals surface area (Å²) in [4.78, 5) is 0. The summed E-state index contributed by atoms with van der Waals surface area (Å²) in [5.74, 6) is 0.936. The second-order valence-electron chi connectivity index (χ2n) is 3.86. The molecule has 0 fully saturated rings. The summed E-state index contributed by atoms with van der Waals surface area (Å²) in [6.45, 7) is 3.08. The van der Waals surface area contributed by atoms with E-state index in [1.807, 2.05) is 24.3 Å². The van der Waals surface area contributed by atoms with E-state index < -0.39 is 0 Å². The zero-order chi connectivity index (χ0) is 12.8. The van der Waals surface area contributed by atoms with Crippen molar-refractivity contribution in [2.45, 2.75) is 45.4 Å². The monoisotopic (exact) mass is 348 g/mol. The van der Waals surface area contributed by atoms with Crippen molar-refractivity contribution in [3.63, 3.8) is 0 Å². The normalized spacial score (nSPS) is 9.41. The van der Waals surface area contributed by atoms with Gasteiger partial charge in [-0.2, -0.15) is 18.2 Å². The van der Waals surface area contributed by atoms with Gasteiger partial charge in [0, 0.05) is 5.75 Å². The van der Waals surface area contributed by atoms with E-state index in [0.29, 0.717) is 0 Å². The fourth-order valence-electron chi connectivity index (χ4n) is 1.54. The van der Waals surface area contributed by atoms with Crippen LogP contribution in [0.15, 0.2) is 24.3 Å². The molecular weight excluding hydrogens is 329 g/mol. The first-order chi connectivity index (χ1) is 8.43. The average Bonchev–Trinajstić information content (AvgIpc) is 2.41. The van der Waals surface area contributed by atoms with Gasteiger partial charge in [0.15, 0.2) is 0 Å². The molecule has 0 atom stereocenters. The first-order valence-corrected chi connectivity index (χ1v) is 13.2. The van der Waals surface area contributed by atoms with Gasteiger partial charge >= 0.3 is 30.0 Å². The predicted octanol–water partition coefficient (Wildman–Crippen LogP) is 5.07. The van der Waals surface area contributed by atoms with Crippen LogP contribution >= 0.6 is 13.6 Å². The Bertz CT molecular complexity index is 241. The van der Waals surface area contributed by atoms with Gasteiger partial charge in [-0.05, 0) is 6.42 Å². The summed E-state index contributed by atoms with van der Waals surface area (Å²) in [6, 6.07) is 10.7. The van der Waals surface area contributed by atoms with Crippen molar-refractivity contribution in [3.05, 3.63) is 30.3 Å². The van der Waals surface area contributed by atoms with E-state index in [2.05, 4.69) is 26.6 Å². The van der Waals surface area contributed by atoms with E-state index >= 15 is 0 Å². The number of unbranched alkanes of at least 4 members (excludes halogenated alkanes) is 5. The van der Waals surface area contributed by atoms with Crippen LogP contribution in [0, 0.1) is 6.07 Å². The molecule has 0 aromatic heterocycles. The molecular formula is C14H21BrOZn. The Kier molecular flexibility index (Phi) is 14.3.